The summed E-state index contributed by atoms with van der Waals surface area (Å²) in [5.41, 5.74) is 0.988. The van der Waals surface area contributed by atoms with E-state index in [2.05, 4.69) is 11.4 Å². The minimum atomic E-state index is -4.22. The van der Waals surface area contributed by atoms with Crippen molar-refractivity contribution in [1.82, 2.24) is 10.2 Å². The summed E-state index contributed by atoms with van der Waals surface area (Å²) in [7, 11) is 0. The van der Waals surface area contributed by atoms with Crippen LogP contribution in [0.1, 0.15) is 41.6 Å². The molecule has 0 aromatic heterocycles. The van der Waals surface area contributed by atoms with Gasteiger partial charge >= 0.3 is 6.18 Å². The van der Waals surface area contributed by atoms with Crippen LogP contribution in [0.15, 0.2) is 24.3 Å². The van der Waals surface area contributed by atoms with Crippen LogP contribution in [0.5, 0.6) is 0 Å². The zero-order chi connectivity index (χ0) is 18.1. The molecule has 1 aliphatic heterocycles. The number of carbonyl (C=O) groups excluding carboxylic acids is 1. The Bertz CT molecular complexity index is 674. The van der Waals surface area contributed by atoms with Gasteiger partial charge in [0.1, 0.15) is 0 Å². The molecule has 0 bridgehead atoms. The molecule has 1 aromatic carbocycles. The lowest BCUT2D eigenvalue weighted by Crippen LogP contribution is -2.49. The highest BCUT2D eigenvalue weighted by atomic mass is 19.4. The highest BCUT2D eigenvalue weighted by molar-refractivity contribution is 5.94. The number of hydrogen-bond donors (Lipinski definition) is 1. The van der Waals surface area contributed by atoms with E-state index in [4.69, 9.17) is 0 Å². The van der Waals surface area contributed by atoms with Crippen LogP contribution in [0.25, 0.3) is 0 Å². The average molecular weight is 351 g/mol. The number of nitriles is 1. The van der Waals surface area contributed by atoms with Crippen molar-refractivity contribution >= 4 is 5.91 Å². The second kappa shape index (κ2) is 6.68. The summed E-state index contributed by atoms with van der Waals surface area (Å²) in [4.78, 5) is 13.7. The van der Waals surface area contributed by atoms with Gasteiger partial charge in [-0.3, -0.25) is 9.69 Å². The Kier molecular flexibility index (Phi) is 4.74. The lowest BCUT2D eigenvalue weighted by atomic mass is 9.96. The minimum Gasteiger partial charge on any atom is -0.348 e. The predicted octanol–water partition coefficient (Wildman–Crippen LogP) is 3.00. The first-order valence-corrected chi connectivity index (χ1v) is 8.43. The van der Waals surface area contributed by atoms with Crippen LogP contribution < -0.4 is 5.32 Å². The second-order valence-electron chi connectivity index (χ2n) is 6.93. The third-order valence-corrected chi connectivity index (χ3v) is 4.91. The van der Waals surface area contributed by atoms with Crippen molar-refractivity contribution in [2.45, 2.75) is 43.3 Å². The number of halogens is 3. The lowest BCUT2D eigenvalue weighted by molar-refractivity contribution is -0.148. The van der Waals surface area contributed by atoms with E-state index in [-0.39, 0.29) is 18.5 Å². The summed E-state index contributed by atoms with van der Waals surface area (Å²) >= 11 is 0. The fraction of sp³-hybridized carbons (Fsp3) is 0.556. The predicted molar refractivity (Wildman–Crippen MR) is 86.0 cm³/mol. The van der Waals surface area contributed by atoms with E-state index in [1.54, 1.807) is 24.3 Å². The van der Waals surface area contributed by atoms with Crippen LogP contribution in [0, 0.1) is 11.3 Å². The zero-order valence-corrected chi connectivity index (χ0v) is 13.8. The number of hydrogen-bond acceptors (Lipinski definition) is 3. The highest BCUT2D eigenvalue weighted by Gasteiger charge is 2.44. The first kappa shape index (κ1) is 17.7. The van der Waals surface area contributed by atoms with Crippen molar-refractivity contribution in [3.05, 3.63) is 35.4 Å². The van der Waals surface area contributed by atoms with Crippen molar-refractivity contribution in [2.75, 3.05) is 19.6 Å². The van der Waals surface area contributed by atoms with E-state index in [0.717, 1.165) is 18.4 Å². The van der Waals surface area contributed by atoms with Crippen LogP contribution in [0.2, 0.25) is 0 Å². The van der Waals surface area contributed by atoms with E-state index in [1.807, 2.05) is 0 Å². The van der Waals surface area contributed by atoms with Crippen LogP contribution in [0.4, 0.5) is 13.2 Å². The topological polar surface area (TPSA) is 56.1 Å². The molecule has 1 N–H and O–H groups in total. The van der Waals surface area contributed by atoms with Gasteiger partial charge in [-0.2, -0.15) is 18.4 Å². The summed E-state index contributed by atoms with van der Waals surface area (Å²) in [6.07, 6.45) is -1.24. The maximum Gasteiger partial charge on any atom is 0.401 e. The fourth-order valence-electron chi connectivity index (χ4n) is 3.37. The molecule has 1 aromatic rings. The molecule has 1 aliphatic carbocycles. The Hall–Kier alpha value is -2.07. The van der Waals surface area contributed by atoms with Gasteiger partial charge in [-0.05, 0) is 49.9 Å². The highest BCUT2D eigenvalue weighted by Crippen LogP contribution is 2.47. The number of benzene rings is 1. The molecule has 1 saturated carbocycles. The van der Waals surface area contributed by atoms with Crippen LogP contribution in [-0.2, 0) is 5.41 Å². The van der Waals surface area contributed by atoms with Gasteiger partial charge in [0, 0.05) is 18.2 Å². The SMILES string of the molecule is N#CC1(c2ccc(C(=O)NC3CCCN(CC(F)(F)F)C3)cc2)CC1. The number of alkyl halides is 3. The van der Waals surface area contributed by atoms with Gasteiger partial charge in [-0.1, -0.05) is 12.1 Å². The van der Waals surface area contributed by atoms with Crippen molar-refractivity contribution in [3.8, 4) is 6.07 Å². The molecule has 1 saturated heterocycles. The van der Waals surface area contributed by atoms with Gasteiger partial charge in [-0.25, -0.2) is 0 Å². The largest absolute Gasteiger partial charge is 0.401 e. The number of rotatable bonds is 4. The van der Waals surface area contributed by atoms with E-state index < -0.39 is 18.1 Å². The molecule has 1 heterocycles. The summed E-state index contributed by atoms with van der Waals surface area (Å²) in [6, 6.07) is 8.97. The van der Waals surface area contributed by atoms with E-state index in [9.17, 15) is 23.2 Å². The summed E-state index contributed by atoms with van der Waals surface area (Å²) < 4.78 is 37.5. The summed E-state index contributed by atoms with van der Waals surface area (Å²) in [5.74, 6) is -0.285. The molecule has 0 radical (unpaired) electrons. The van der Waals surface area contributed by atoms with Gasteiger partial charge in [0.05, 0.1) is 18.0 Å². The van der Waals surface area contributed by atoms with Gasteiger partial charge in [0.2, 0.25) is 0 Å². The smallest absolute Gasteiger partial charge is 0.348 e. The van der Waals surface area contributed by atoms with Gasteiger partial charge < -0.3 is 5.32 Å². The third kappa shape index (κ3) is 4.31. The molecule has 1 amide bonds. The zero-order valence-electron chi connectivity index (χ0n) is 13.8. The molecule has 4 nitrogen and oxygen atoms in total. The Morgan fingerprint density at radius 3 is 2.56 bits per heavy atom. The molecule has 1 atom stereocenters. The fourth-order valence-corrected chi connectivity index (χ4v) is 3.37. The summed E-state index contributed by atoms with van der Waals surface area (Å²) in [5, 5.41) is 12.0. The lowest BCUT2D eigenvalue weighted by Gasteiger charge is -2.33. The van der Waals surface area contributed by atoms with Crippen molar-refractivity contribution in [3.63, 3.8) is 0 Å². The Balaban J connectivity index is 1.57. The third-order valence-electron chi connectivity index (χ3n) is 4.91. The normalized spacial score (nSPS) is 22.9. The monoisotopic (exact) mass is 351 g/mol. The molecular weight excluding hydrogens is 331 g/mol. The molecule has 25 heavy (non-hydrogen) atoms. The molecule has 2 fully saturated rings. The number of nitrogens with one attached hydrogen (secondary N) is 1. The number of nitrogens with zero attached hydrogens (tertiary/aromatic N) is 2. The standard InChI is InChI=1S/C18H20F3N3O/c19-18(20,21)12-24-9-1-2-15(10-24)23-16(25)13-3-5-14(6-4-13)17(11-22)7-8-17/h3-6,15H,1-2,7-10,12H2,(H,23,25). The van der Waals surface area contributed by atoms with Crippen molar-refractivity contribution in [2.24, 2.45) is 0 Å². The average Bonchev–Trinajstić information content (AvgIpc) is 3.35. The van der Waals surface area contributed by atoms with Crippen molar-refractivity contribution in [1.29, 1.82) is 5.26 Å². The molecule has 7 heteroatoms. The van der Waals surface area contributed by atoms with Crippen LogP contribution in [-0.4, -0.2) is 42.7 Å². The van der Waals surface area contributed by atoms with E-state index in [0.29, 0.717) is 24.9 Å². The number of amides is 1. The summed E-state index contributed by atoms with van der Waals surface area (Å²) in [6.45, 7) is -0.331. The van der Waals surface area contributed by atoms with Crippen LogP contribution >= 0.6 is 0 Å². The maximum absolute atomic E-state index is 12.5. The first-order valence-electron chi connectivity index (χ1n) is 8.43. The molecule has 1 unspecified atom stereocenters. The minimum absolute atomic E-state index is 0.209. The number of piperidine rings is 1. The molecule has 0 spiro atoms. The van der Waals surface area contributed by atoms with Crippen LogP contribution in [0.3, 0.4) is 0 Å². The van der Waals surface area contributed by atoms with E-state index >= 15 is 0 Å². The van der Waals surface area contributed by atoms with Crippen molar-refractivity contribution < 1.29 is 18.0 Å². The number of carbonyl (C=O) groups is 1. The molecule has 3 rings (SSSR count). The molecular formula is C18H20F3N3O. The Labute approximate surface area is 144 Å². The quantitative estimate of drug-likeness (QED) is 0.907. The number of likely N-dealkylation sites (tertiary alicyclic amines) is 1. The Morgan fingerprint density at radius 2 is 2.00 bits per heavy atom. The molecule has 134 valence electrons. The van der Waals surface area contributed by atoms with Gasteiger partial charge in [0.15, 0.2) is 0 Å². The van der Waals surface area contributed by atoms with Gasteiger partial charge in [0.25, 0.3) is 5.91 Å². The van der Waals surface area contributed by atoms with Gasteiger partial charge in [-0.15, -0.1) is 0 Å². The first-order chi connectivity index (χ1) is 11.8. The molecule has 2 aliphatic rings. The maximum atomic E-state index is 12.5. The van der Waals surface area contributed by atoms with E-state index in [1.165, 1.54) is 4.90 Å². The Morgan fingerprint density at radius 1 is 1.32 bits per heavy atom. The second-order valence-corrected chi connectivity index (χ2v) is 6.93.